The molecule has 2 aromatic carbocycles. The number of aryl methyl sites for hydroxylation is 1. The molecule has 0 radical (unpaired) electrons. The number of hydrogen-bond acceptors (Lipinski definition) is 3. The molecule has 3 aromatic rings. The van der Waals surface area contributed by atoms with E-state index >= 15 is 0 Å². The topological polar surface area (TPSA) is 39.4 Å². The van der Waals surface area contributed by atoms with Crippen molar-refractivity contribution in [2.45, 2.75) is 26.0 Å². The number of benzene rings is 2. The molecule has 126 valence electrons. The van der Waals surface area contributed by atoms with Crippen LogP contribution in [0.15, 0.2) is 59.7 Å². The van der Waals surface area contributed by atoms with Gasteiger partial charge in [0.2, 0.25) is 5.95 Å². The maximum atomic E-state index is 13.3. The smallest absolute Gasteiger partial charge is 0.229 e. The Hall–Kier alpha value is -2.95. The van der Waals surface area contributed by atoms with Crippen LogP contribution in [0.2, 0.25) is 0 Å². The standard InChI is InChI=1S/C20H18FN3O/c1-14-9-16(21)7-8-19(14)15-10-22-20-23-17(12-24(20)11-15)13-25-18-5-3-2-4-6-18/h2-10,12,15H,11,13H2,1H3. The number of nitrogens with zero attached hydrogens (tertiary/aromatic N) is 3. The SMILES string of the molecule is Cc1cc(F)ccc1C1C=Nc2nc(COc3ccccc3)cn2C1. The first-order valence-electron chi connectivity index (χ1n) is 8.23. The van der Waals surface area contributed by atoms with Gasteiger partial charge in [-0.1, -0.05) is 24.3 Å². The summed E-state index contributed by atoms with van der Waals surface area (Å²) in [4.78, 5) is 8.98. The predicted molar refractivity (Wildman–Crippen MR) is 95.0 cm³/mol. The Morgan fingerprint density at radius 2 is 2.04 bits per heavy atom. The molecule has 4 nitrogen and oxygen atoms in total. The van der Waals surface area contributed by atoms with Crippen LogP contribution in [-0.4, -0.2) is 15.8 Å². The van der Waals surface area contributed by atoms with E-state index in [1.165, 1.54) is 6.07 Å². The monoisotopic (exact) mass is 335 g/mol. The van der Waals surface area contributed by atoms with Gasteiger partial charge in [0.1, 0.15) is 18.2 Å². The lowest BCUT2D eigenvalue weighted by molar-refractivity contribution is 0.302. The van der Waals surface area contributed by atoms with Crippen molar-refractivity contribution in [2.75, 3.05) is 0 Å². The van der Waals surface area contributed by atoms with Crippen molar-refractivity contribution in [2.24, 2.45) is 4.99 Å². The van der Waals surface area contributed by atoms with E-state index in [0.29, 0.717) is 12.6 Å². The number of aromatic nitrogens is 2. The molecule has 2 heterocycles. The summed E-state index contributed by atoms with van der Waals surface area (Å²) in [6.45, 7) is 3.07. The van der Waals surface area contributed by atoms with Gasteiger partial charge in [-0.25, -0.2) is 14.4 Å². The molecule has 1 aliphatic rings. The molecule has 1 unspecified atom stereocenters. The molecule has 5 heteroatoms. The van der Waals surface area contributed by atoms with Gasteiger partial charge in [0, 0.05) is 24.9 Å². The van der Waals surface area contributed by atoms with E-state index in [1.807, 2.05) is 60.3 Å². The van der Waals surface area contributed by atoms with Crippen LogP contribution < -0.4 is 4.74 Å². The summed E-state index contributed by atoms with van der Waals surface area (Å²) in [5.41, 5.74) is 2.87. The summed E-state index contributed by atoms with van der Waals surface area (Å²) in [5, 5.41) is 0. The van der Waals surface area contributed by atoms with Crippen molar-refractivity contribution in [1.29, 1.82) is 0 Å². The Kier molecular flexibility index (Phi) is 4.06. The van der Waals surface area contributed by atoms with Crippen LogP contribution in [0.3, 0.4) is 0 Å². The average molecular weight is 335 g/mol. The molecule has 0 spiro atoms. The maximum Gasteiger partial charge on any atom is 0.229 e. The molecule has 4 rings (SSSR count). The molecule has 1 atom stereocenters. The summed E-state index contributed by atoms with van der Waals surface area (Å²) in [6, 6.07) is 14.6. The highest BCUT2D eigenvalue weighted by atomic mass is 19.1. The highest BCUT2D eigenvalue weighted by molar-refractivity contribution is 5.72. The van der Waals surface area contributed by atoms with Gasteiger partial charge in [0.15, 0.2) is 0 Å². The largest absolute Gasteiger partial charge is 0.487 e. The third kappa shape index (κ3) is 3.31. The first kappa shape index (κ1) is 15.6. The Morgan fingerprint density at radius 3 is 2.84 bits per heavy atom. The number of imidazole rings is 1. The van der Waals surface area contributed by atoms with E-state index in [0.717, 1.165) is 29.1 Å². The molecule has 0 bridgehead atoms. The lowest BCUT2D eigenvalue weighted by Crippen LogP contribution is -2.14. The minimum Gasteiger partial charge on any atom is -0.487 e. The first-order chi connectivity index (χ1) is 12.2. The molecule has 0 amide bonds. The second-order valence-electron chi connectivity index (χ2n) is 6.17. The van der Waals surface area contributed by atoms with E-state index in [4.69, 9.17) is 4.74 Å². The first-order valence-corrected chi connectivity index (χ1v) is 8.23. The quantitative estimate of drug-likeness (QED) is 0.708. The summed E-state index contributed by atoms with van der Waals surface area (Å²) in [5.74, 6) is 1.40. The fourth-order valence-corrected chi connectivity index (χ4v) is 3.09. The van der Waals surface area contributed by atoms with Crippen LogP contribution in [0.5, 0.6) is 5.75 Å². The van der Waals surface area contributed by atoms with Gasteiger partial charge in [-0.05, 0) is 42.3 Å². The van der Waals surface area contributed by atoms with E-state index < -0.39 is 0 Å². The zero-order valence-electron chi connectivity index (χ0n) is 13.9. The molecule has 0 saturated carbocycles. The Bertz CT molecular complexity index is 918. The highest BCUT2D eigenvalue weighted by Gasteiger charge is 2.20. The summed E-state index contributed by atoms with van der Waals surface area (Å²) < 4.78 is 21.1. The minimum absolute atomic E-state index is 0.116. The lowest BCUT2D eigenvalue weighted by atomic mass is 9.95. The number of aliphatic imine (C=N–C) groups is 1. The highest BCUT2D eigenvalue weighted by Crippen LogP contribution is 2.28. The van der Waals surface area contributed by atoms with Crippen LogP contribution in [0, 0.1) is 12.7 Å². The Balaban J connectivity index is 1.49. The van der Waals surface area contributed by atoms with Crippen molar-refractivity contribution in [3.05, 3.63) is 77.4 Å². The number of fused-ring (bicyclic) bond motifs is 1. The molecule has 0 saturated heterocycles. The minimum atomic E-state index is -0.210. The van der Waals surface area contributed by atoms with Gasteiger partial charge < -0.3 is 9.30 Å². The van der Waals surface area contributed by atoms with Crippen molar-refractivity contribution >= 4 is 12.2 Å². The second kappa shape index (κ2) is 6.51. The third-order valence-electron chi connectivity index (χ3n) is 4.33. The summed E-state index contributed by atoms with van der Waals surface area (Å²) in [6.07, 6.45) is 3.87. The maximum absolute atomic E-state index is 13.3. The van der Waals surface area contributed by atoms with Crippen LogP contribution in [-0.2, 0) is 13.2 Å². The fraction of sp³-hybridized carbons (Fsp3) is 0.200. The molecule has 0 aliphatic carbocycles. The van der Waals surface area contributed by atoms with E-state index in [2.05, 4.69) is 9.98 Å². The molecule has 0 N–H and O–H groups in total. The van der Waals surface area contributed by atoms with Gasteiger partial charge in [0.25, 0.3) is 0 Å². The zero-order valence-corrected chi connectivity index (χ0v) is 13.9. The molecule has 0 fully saturated rings. The molecular weight excluding hydrogens is 317 g/mol. The van der Waals surface area contributed by atoms with Gasteiger partial charge in [0.05, 0.1) is 5.69 Å². The van der Waals surface area contributed by atoms with Crippen molar-refractivity contribution in [1.82, 2.24) is 9.55 Å². The van der Waals surface area contributed by atoms with Gasteiger partial charge >= 0.3 is 0 Å². The normalized spacial score (nSPS) is 15.8. The summed E-state index contributed by atoms with van der Waals surface area (Å²) >= 11 is 0. The van der Waals surface area contributed by atoms with E-state index in [1.54, 1.807) is 6.07 Å². The number of halogens is 1. The number of rotatable bonds is 4. The van der Waals surface area contributed by atoms with Crippen LogP contribution in [0.1, 0.15) is 22.7 Å². The van der Waals surface area contributed by atoms with E-state index in [-0.39, 0.29) is 11.7 Å². The fourth-order valence-electron chi connectivity index (χ4n) is 3.09. The Morgan fingerprint density at radius 1 is 1.20 bits per heavy atom. The van der Waals surface area contributed by atoms with Crippen LogP contribution in [0.25, 0.3) is 0 Å². The van der Waals surface area contributed by atoms with Crippen LogP contribution >= 0.6 is 0 Å². The number of hydrogen-bond donors (Lipinski definition) is 0. The average Bonchev–Trinajstić information content (AvgIpc) is 3.03. The summed E-state index contributed by atoms with van der Waals surface area (Å²) in [7, 11) is 0. The van der Waals surface area contributed by atoms with Crippen molar-refractivity contribution < 1.29 is 9.13 Å². The van der Waals surface area contributed by atoms with Gasteiger partial charge in [-0.3, -0.25) is 0 Å². The molecule has 1 aliphatic heterocycles. The van der Waals surface area contributed by atoms with Crippen molar-refractivity contribution in [3.63, 3.8) is 0 Å². The molecular formula is C20H18FN3O. The molecule has 25 heavy (non-hydrogen) atoms. The van der Waals surface area contributed by atoms with Crippen molar-refractivity contribution in [3.8, 4) is 5.75 Å². The molecule has 1 aromatic heterocycles. The lowest BCUT2D eigenvalue weighted by Gasteiger charge is -2.19. The zero-order chi connectivity index (χ0) is 17.2. The van der Waals surface area contributed by atoms with E-state index in [9.17, 15) is 4.39 Å². The number of para-hydroxylation sites is 1. The second-order valence-corrected chi connectivity index (χ2v) is 6.17. The Labute approximate surface area is 145 Å². The number of ether oxygens (including phenoxy) is 1. The third-order valence-corrected chi connectivity index (χ3v) is 4.33. The van der Waals surface area contributed by atoms with Crippen LogP contribution in [0.4, 0.5) is 10.3 Å². The predicted octanol–water partition coefficient (Wildman–Crippen LogP) is 4.41. The van der Waals surface area contributed by atoms with Gasteiger partial charge in [-0.15, -0.1) is 0 Å². The van der Waals surface area contributed by atoms with Gasteiger partial charge in [-0.2, -0.15) is 0 Å².